The highest BCUT2D eigenvalue weighted by Crippen LogP contribution is 2.19. The minimum atomic E-state index is 0.777. The molecule has 0 bridgehead atoms. The molecule has 2 aromatic rings. The maximum atomic E-state index is 5.02. The fourth-order valence-electron chi connectivity index (χ4n) is 1.82. The second-order valence-corrected chi connectivity index (χ2v) is 4.12. The molecule has 17 heavy (non-hydrogen) atoms. The fourth-order valence-corrected chi connectivity index (χ4v) is 1.82. The van der Waals surface area contributed by atoms with E-state index in [0.717, 1.165) is 30.9 Å². The Bertz CT molecular complexity index is 497. The number of benzene rings is 1. The first kappa shape index (κ1) is 11.9. The van der Waals surface area contributed by atoms with Crippen LogP contribution in [-0.2, 0) is 4.74 Å². The van der Waals surface area contributed by atoms with Crippen molar-refractivity contribution in [2.24, 2.45) is 0 Å². The predicted octanol–water partition coefficient (Wildman–Crippen LogP) is 2.99. The highest BCUT2D eigenvalue weighted by molar-refractivity contribution is 5.81. The Balaban J connectivity index is 2.14. The zero-order valence-electron chi connectivity index (χ0n) is 10.4. The van der Waals surface area contributed by atoms with E-state index in [9.17, 15) is 0 Å². The maximum absolute atomic E-state index is 5.02. The van der Waals surface area contributed by atoms with E-state index in [0.29, 0.717) is 0 Å². The number of nitrogens with one attached hydrogen (secondary N) is 1. The van der Waals surface area contributed by atoms with Crippen LogP contribution >= 0.6 is 0 Å². The zero-order valence-corrected chi connectivity index (χ0v) is 10.4. The molecular weight excluding hydrogens is 212 g/mol. The van der Waals surface area contributed by atoms with Gasteiger partial charge in [0, 0.05) is 25.6 Å². The Hall–Kier alpha value is -1.61. The summed E-state index contributed by atoms with van der Waals surface area (Å²) in [6, 6.07) is 10.3. The molecule has 1 N–H and O–H groups in total. The van der Waals surface area contributed by atoms with Gasteiger partial charge in [0.25, 0.3) is 0 Å². The van der Waals surface area contributed by atoms with E-state index in [2.05, 4.69) is 29.4 Å². The largest absolute Gasteiger partial charge is 0.385 e. The van der Waals surface area contributed by atoms with Crippen LogP contribution in [0.1, 0.15) is 12.0 Å². The number of rotatable bonds is 5. The van der Waals surface area contributed by atoms with E-state index < -0.39 is 0 Å². The zero-order chi connectivity index (χ0) is 12.1. The first-order valence-corrected chi connectivity index (χ1v) is 5.90. The standard InChI is InChI=1S/C14H18N2O/c1-11-10-12-6-3-4-7-13(12)16-14(11)15-8-5-9-17-2/h3-4,6-7,10H,5,8-9H2,1-2H3,(H,15,16). The Morgan fingerprint density at radius 2 is 2.12 bits per heavy atom. The topological polar surface area (TPSA) is 34.1 Å². The highest BCUT2D eigenvalue weighted by Gasteiger charge is 2.02. The van der Waals surface area contributed by atoms with Crippen molar-refractivity contribution < 1.29 is 4.74 Å². The third kappa shape index (κ3) is 2.94. The van der Waals surface area contributed by atoms with Gasteiger partial charge in [-0.05, 0) is 31.0 Å². The summed E-state index contributed by atoms with van der Waals surface area (Å²) in [7, 11) is 1.72. The van der Waals surface area contributed by atoms with Gasteiger partial charge >= 0.3 is 0 Å². The molecule has 0 amide bonds. The van der Waals surface area contributed by atoms with Gasteiger partial charge in [-0.2, -0.15) is 0 Å². The maximum Gasteiger partial charge on any atom is 0.129 e. The van der Waals surface area contributed by atoms with Crippen molar-refractivity contribution in [1.82, 2.24) is 4.98 Å². The number of nitrogens with zero attached hydrogens (tertiary/aromatic N) is 1. The molecule has 1 aromatic heterocycles. The molecule has 3 nitrogen and oxygen atoms in total. The molecule has 3 heteroatoms. The molecule has 0 aliphatic rings. The normalized spacial score (nSPS) is 10.7. The van der Waals surface area contributed by atoms with Gasteiger partial charge in [-0.15, -0.1) is 0 Å². The number of aryl methyl sites for hydroxylation is 1. The molecule has 0 radical (unpaired) electrons. The number of hydrogen-bond acceptors (Lipinski definition) is 3. The van der Waals surface area contributed by atoms with Crippen LogP contribution in [-0.4, -0.2) is 25.2 Å². The Morgan fingerprint density at radius 1 is 1.29 bits per heavy atom. The number of fused-ring (bicyclic) bond motifs is 1. The van der Waals surface area contributed by atoms with Gasteiger partial charge < -0.3 is 10.1 Å². The van der Waals surface area contributed by atoms with Crippen molar-refractivity contribution in [3.05, 3.63) is 35.9 Å². The van der Waals surface area contributed by atoms with Gasteiger partial charge in [0.15, 0.2) is 0 Å². The lowest BCUT2D eigenvalue weighted by Gasteiger charge is -2.09. The van der Waals surface area contributed by atoms with Gasteiger partial charge in [-0.1, -0.05) is 18.2 Å². The van der Waals surface area contributed by atoms with Gasteiger partial charge in [0.05, 0.1) is 5.52 Å². The smallest absolute Gasteiger partial charge is 0.129 e. The number of anilines is 1. The van der Waals surface area contributed by atoms with Gasteiger partial charge in [0.2, 0.25) is 0 Å². The van der Waals surface area contributed by atoms with E-state index in [1.165, 1.54) is 10.9 Å². The van der Waals surface area contributed by atoms with Crippen LogP contribution in [0.2, 0.25) is 0 Å². The van der Waals surface area contributed by atoms with Crippen LogP contribution < -0.4 is 5.32 Å². The van der Waals surface area contributed by atoms with Crippen LogP contribution in [0, 0.1) is 6.92 Å². The van der Waals surface area contributed by atoms with Crippen LogP contribution in [0.5, 0.6) is 0 Å². The molecule has 0 aliphatic heterocycles. The Kier molecular flexibility index (Phi) is 3.94. The van der Waals surface area contributed by atoms with Crippen molar-refractivity contribution in [1.29, 1.82) is 0 Å². The summed E-state index contributed by atoms with van der Waals surface area (Å²) in [6.45, 7) is 3.75. The number of ether oxygens (including phenoxy) is 1. The summed E-state index contributed by atoms with van der Waals surface area (Å²) < 4.78 is 5.02. The average Bonchev–Trinajstić information content (AvgIpc) is 2.35. The molecule has 0 spiro atoms. The van der Waals surface area contributed by atoms with Crippen LogP contribution in [0.4, 0.5) is 5.82 Å². The molecule has 1 aromatic carbocycles. The van der Waals surface area contributed by atoms with E-state index in [1.54, 1.807) is 7.11 Å². The van der Waals surface area contributed by atoms with Gasteiger partial charge in [-0.25, -0.2) is 4.98 Å². The van der Waals surface area contributed by atoms with Crippen molar-refractivity contribution in [3.8, 4) is 0 Å². The van der Waals surface area contributed by atoms with Gasteiger partial charge in [0.1, 0.15) is 5.82 Å². The summed E-state index contributed by atoms with van der Waals surface area (Å²) >= 11 is 0. The number of methoxy groups -OCH3 is 1. The van der Waals surface area contributed by atoms with Crippen molar-refractivity contribution in [2.45, 2.75) is 13.3 Å². The molecule has 2 rings (SSSR count). The lowest BCUT2D eigenvalue weighted by atomic mass is 10.1. The number of aromatic nitrogens is 1. The van der Waals surface area contributed by atoms with Crippen LogP contribution in [0.3, 0.4) is 0 Å². The van der Waals surface area contributed by atoms with E-state index >= 15 is 0 Å². The Morgan fingerprint density at radius 3 is 2.94 bits per heavy atom. The van der Waals surface area contributed by atoms with Crippen LogP contribution in [0.15, 0.2) is 30.3 Å². The van der Waals surface area contributed by atoms with E-state index in [4.69, 9.17) is 4.74 Å². The average molecular weight is 230 g/mol. The minimum Gasteiger partial charge on any atom is -0.385 e. The van der Waals surface area contributed by atoms with E-state index in [-0.39, 0.29) is 0 Å². The second-order valence-electron chi connectivity index (χ2n) is 4.12. The second kappa shape index (κ2) is 5.64. The molecule has 0 fully saturated rings. The molecule has 0 saturated carbocycles. The SMILES string of the molecule is COCCCNc1nc2ccccc2cc1C. The van der Waals surface area contributed by atoms with Crippen LogP contribution in [0.25, 0.3) is 10.9 Å². The van der Waals surface area contributed by atoms with Crippen molar-refractivity contribution in [2.75, 3.05) is 25.6 Å². The highest BCUT2D eigenvalue weighted by atomic mass is 16.5. The third-order valence-electron chi connectivity index (χ3n) is 2.73. The summed E-state index contributed by atoms with van der Waals surface area (Å²) in [5, 5.41) is 4.54. The molecule has 1 heterocycles. The minimum absolute atomic E-state index is 0.777. The first-order chi connectivity index (χ1) is 8.31. The summed E-state index contributed by atoms with van der Waals surface area (Å²) in [5.74, 6) is 0.972. The lowest BCUT2D eigenvalue weighted by Crippen LogP contribution is -2.07. The first-order valence-electron chi connectivity index (χ1n) is 5.90. The number of pyridine rings is 1. The molecule has 0 saturated heterocycles. The third-order valence-corrected chi connectivity index (χ3v) is 2.73. The molecule has 0 atom stereocenters. The van der Waals surface area contributed by atoms with Gasteiger partial charge in [-0.3, -0.25) is 0 Å². The monoisotopic (exact) mass is 230 g/mol. The van der Waals surface area contributed by atoms with E-state index in [1.807, 2.05) is 18.2 Å². The Labute approximate surface area is 102 Å². The summed E-state index contributed by atoms with van der Waals surface area (Å²) in [4.78, 5) is 4.62. The molecular formula is C14H18N2O. The van der Waals surface area contributed by atoms with Crippen molar-refractivity contribution >= 4 is 16.7 Å². The lowest BCUT2D eigenvalue weighted by molar-refractivity contribution is 0.197. The molecule has 90 valence electrons. The quantitative estimate of drug-likeness (QED) is 0.802. The predicted molar refractivity (Wildman–Crippen MR) is 71.5 cm³/mol. The molecule has 0 unspecified atom stereocenters. The number of para-hydroxylation sites is 1. The van der Waals surface area contributed by atoms with Crippen molar-refractivity contribution in [3.63, 3.8) is 0 Å². The fraction of sp³-hybridized carbons (Fsp3) is 0.357. The molecule has 0 aliphatic carbocycles. The number of hydrogen-bond donors (Lipinski definition) is 1. The summed E-state index contributed by atoms with van der Waals surface area (Å²) in [6.07, 6.45) is 0.991. The summed E-state index contributed by atoms with van der Waals surface area (Å²) in [5.41, 5.74) is 2.22.